The van der Waals surface area contributed by atoms with Crippen LogP contribution < -0.4 is 5.73 Å². The highest BCUT2D eigenvalue weighted by Gasteiger charge is 2.19. The molecular weight excluding hydrogens is 212 g/mol. The maximum absolute atomic E-state index is 5.92. The van der Waals surface area contributed by atoms with Crippen LogP contribution in [0.2, 0.25) is 0 Å². The van der Waals surface area contributed by atoms with Gasteiger partial charge in [0.2, 0.25) is 0 Å². The first-order chi connectivity index (χ1) is 8.10. The van der Waals surface area contributed by atoms with Crippen LogP contribution in [0.5, 0.6) is 0 Å². The lowest BCUT2D eigenvalue weighted by atomic mass is 10.1. The van der Waals surface area contributed by atoms with E-state index < -0.39 is 0 Å². The summed E-state index contributed by atoms with van der Waals surface area (Å²) in [4.78, 5) is 6.58. The van der Waals surface area contributed by atoms with Gasteiger partial charge in [0.25, 0.3) is 0 Å². The predicted octanol–water partition coefficient (Wildman–Crippen LogP) is 1.88. The zero-order valence-corrected chi connectivity index (χ0v) is 11.6. The highest BCUT2D eigenvalue weighted by molar-refractivity contribution is 5.06. The summed E-state index contributed by atoms with van der Waals surface area (Å²) in [6, 6.07) is 0.270. The number of nitrogens with two attached hydrogens (primary N) is 1. The molecular formula is C13H26N4. The van der Waals surface area contributed by atoms with Crippen LogP contribution in [-0.2, 0) is 6.54 Å². The van der Waals surface area contributed by atoms with Gasteiger partial charge in [-0.3, -0.25) is 4.90 Å². The summed E-state index contributed by atoms with van der Waals surface area (Å²) in [5.41, 5.74) is 7.16. The quantitative estimate of drug-likeness (QED) is 0.789. The van der Waals surface area contributed by atoms with Crippen molar-refractivity contribution in [1.29, 1.82) is 0 Å². The number of nitrogens with zero attached hydrogens (tertiary/aromatic N) is 3. The zero-order valence-electron chi connectivity index (χ0n) is 11.6. The third kappa shape index (κ3) is 3.82. The Morgan fingerprint density at radius 3 is 2.71 bits per heavy atom. The van der Waals surface area contributed by atoms with Gasteiger partial charge >= 0.3 is 0 Å². The van der Waals surface area contributed by atoms with E-state index in [1.807, 2.05) is 12.5 Å². The van der Waals surface area contributed by atoms with Crippen molar-refractivity contribution >= 4 is 0 Å². The van der Waals surface area contributed by atoms with Crippen LogP contribution >= 0.6 is 0 Å². The molecule has 0 amide bonds. The Kier molecular flexibility index (Phi) is 5.65. The second kappa shape index (κ2) is 6.77. The summed E-state index contributed by atoms with van der Waals surface area (Å²) < 4.78 is 2.22. The Balaban J connectivity index is 2.81. The van der Waals surface area contributed by atoms with Crippen molar-refractivity contribution in [2.24, 2.45) is 11.7 Å². The Labute approximate surface area is 105 Å². The third-order valence-electron chi connectivity index (χ3n) is 2.96. The average molecular weight is 238 g/mol. The average Bonchev–Trinajstić information content (AvgIpc) is 2.67. The highest BCUT2D eigenvalue weighted by Crippen LogP contribution is 2.19. The van der Waals surface area contributed by atoms with Crippen molar-refractivity contribution in [2.45, 2.75) is 39.8 Å². The molecule has 0 radical (unpaired) electrons. The molecule has 17 heavy (non-hydrogen) atoms. The van der Waals surface area contributed by atoms with Crippen molar-refractivity contribution in [3.63, 3.8) is 0 Å². The van der Waals surface area contributed by atoms with E-state index in [0.717, 1.165) is 19.5 Å². The molecule has 1 rings (SSSR count). The normalized spacial score (nSPS) is 13.6. The summed E-state index contributed by atoms with van der Waals surface area (Å²) in [7, 11) is 2.14. The Morgan fingerprint density at radius 1 is 1.47 bits per heavy atom. The maximum atomic E-state index is 5.92. The summed E-state index contributed by atoms with van der Waals surface area (Å²) in [5, 5.41) is 0. The third-order valence-corrected chi connectivity index (χ3v) is 2.96. The van der Waals surface area contributed by atoms with Gasteiger partial charge < -0.3 is 10.3 Å². The molecule has 1 aromatic rings. The smallest absolute Gasteiger partial charge is 0.0948 e. The van der Waals surface area contributed by atoms with E-state index in [-0.39, 0.29) is 6.04 Å². The standard InChI is InChI=1S/C13H26N4/c1-5-6-17-10-15-8-13(17)12(7-14)16(4)9-11(2)3/h8,10-12H,5-7,9,14H2,1-4H3. The van der Waals surface area contributed by atoms with Crippen LogP contribution in [0.1, 0.15) is 38.9 Å². The number of imidazole rings is 1. The van der Waals surface area contributed by atoms with Gasteiger partial charge in [0.05, 0.1) is 18.1 Å². The summed E-state index contributed by atoms with van der Waals surface area (Å²) in [6.07, 6.45) is 4.98. The molecule has 0 saturated carbocycles. The van der Waals surface area contributed by atoms with E-state index in [0.29, 0.717) is 12.5 Å². The summed E-state index contributed by atoms with van der Waals surface area (Å²) in [5.74, 6) is 0.650. The van der Waals surface area contributed by atoms with Gasteiger partial charge in [-0.05, 0) is 19.4 Å². The Bertz CT molecular complexity index is 319. The van der Waals surface area contributed by atoms with Crippen LogP contribution in [0, 0.1) is 5.92 Å². The van der Waals surface area contributed by atoms with Gasteiger partial charge in [-0.1, -0.05) is 20.8 Å². The predicted molar refractivity (Wildman–Crippen MR) is 71.8 cm³/mol. The molecule has 98 valence electrons. The fraction of sp³-hybridized carbons (Fsp3) is 0.769. The number of likely N-dealkylation sites (N-methyl/N-ethyl adjacent to an activating group) is 1. The van der Waals surface area contributed by atoms with Gasteiger partial charge in [-0.25, -0.2) is 4.98 Å². The lowest BCUT2D eigenvalue weighted by molar-refractivity contribution is 0.215. The zero-order chi connectivity index (χ0) is 12.8. The topological polar surface area (TPSA) is 47.1 Å². The molecule has 0 bridgehead atoms. The monoisotopic (exact) mass is 238 g/mol. The molecule has 0 saturated heterocycles. The summed E-state index contributed by atoms with van der Waals surface area (Å²) >= 11 is 0. The van der Waals surface area contributed by atoms with Crippen molar-refractivity contribution in [1.82, 2.24) is 14.5 Å². The van der Waals surface area contributed by atoms with E-state index in [4.69, 9.17) is 5.73 Å². The van der Waals surface area contributed by atoms with Gasteiger partial charge in [0, 0.05) is 25.8 Å². The van der Waals surface area contributed by atoms with Crippen molar-refractivity contribution in [3.05, 3.63) is 18.2 Å². The molecule has 0 aliphatic rings. The van der Waals surface area contributed by atoms with E-state index in [1.54, 1.807) is 0 Å². The maximum Gasteiger partial charge on any atom is 0.0948 e. The first kappa shape index (κ1) is 14.2. The fourth-order valence-electron chi connectivity index (χ4n) is 2.27. The van der Waals surface area contributed by atoms with Crippen LogP contribution in [-0.4, -0.2) is 34.6 Å². The van der Waals surface area contributed by atoms with Crippen LogP contribution in [0.15, 0.2) is 12.5 Å². The minimum atomic E-state index is 0.270. The van der Waals surface area contributed by atoms with Crippen molar-refractivity contribution in [3.8, 4) is 0 Å². The number of aromatic nitrogens is 2. The molecule has 1 atom stereocenters. The van der Waals surface area contributed by atoms with E-state index in [1.165, 1.54) is 5.69 Å². The first-order valence-electron chi connectivity index (χ1n) is 6.50. The molecule has 4 nitrogen and oxygen atoms in total. The minimum absolute atomic E-state index is 0.270. The lowest BCUT2D eigenvalue weighted by Crippen LogP contribution is -2.34. The van der Waals surface area contributed by atoms with Crippen molar-refractivity contribution < 1.29 is 0 Å². The second-order valence-corrected chi connectivity index (χ2v) is 5.10. The number of hydrogen-bond acceptors (Lipinski definition) is 3. The van der Waals surface area contributed by atoms with Gasteiger partial charge in [-0.2, -0.15) is 0 Å². The van der Waals surface area contributed by atoms with Gasteiger partial charge in [0.15, 0.2) is 0 Å². The van der Waals surface area contributed by atoms with Gasteiger partial charge in [0.1, 0.15) is 0 Å². The number of hydrogen-bond donors (Lipinski definition) is 1. The molecule has 0 aliphatic heterocycles. The van der Waals surface area contributed by atoms with Crippen LogP contribution in [0.4, 0.5) is 0 Å². The van der Waals surface area contributed by atoms with Gasteiger partial charge in [-0.15, -0.1) is 0 Å². The Morgan fingerprint density at radius 2 is 2.18 bits per heavy atom. The molecule has 0 aromatic carbocycles. The summed E-state index contributed by atoms with van der Waals surface area (Å²) in [6.45, 7) is 9.35. The molecule has 2 N–H and O–H groups in total. The first-order valence-corrected chi connectivity index (χ1v) is 6.50. The van der Waals surface area contributed by atoms with Crippen molar-refractivity contribution in [2.75, 3.05) is 20.1 Å². The second-order valence-electron chi connectivity index (χ2n) is 5.10. The Hall–Kier alpha value is -0.870. The minimum Gasteiger partial charge on any atom is -0.333 e. The van der Waals surface area contributed by atoms with E-state index in [9.17, 15) is 0 Å². The SMILES string of the molecule is CCCn1cncc1C(CN)N(C)CC(C)C. The lowest BCUT2D eigenvalue weighted by Gasteiger charge is -2.29. The largest absolute Gasteiger partial charge is 0.333 e. The molecule has 1 heterocycles. The molecule has 4 heteroatoms. The molecule has 1 aromatic heterocycles. The van der Waals surface area contributed by atoms with Crippen LogP contribution in [0.3, 0.4) is 0 Å². The van der Waals surface area contributed by atoms with E-state index >= 15 is 0 Å². The number of aryl methyl sites for hydroxylation is 1. The number of rotatable bonds is 7. The van der Waals surface area contributed by atoms with E-state index in [2.05, 4.69) is 42.3 Å². The van der Waals surface area contributed by atoms with Crippen LogP contribution in [0.25, 0.3) is 0 Å². The fourth-order valence-corrected chi connectivity index (χ4v) is 2.27. The molecule has 0 fully saturated rings. The molecule has 1 unspecified atom stereocenters. The molecule has 0 aliphatic carbocycles. The highest BCUT2D eigenvalue weighted by atomic mass is 15.2. The molecule has 0 spiro atoms.